The number of halogens is 1. The third kappa shape index (κ3) is 12.0. The first-order valence-corrected chi connectivity index (χ1v) is 12.3. The van der Waals surface area contributed by atoms with Gasteiger partial charge in [-0.15, -0.1) is 22.9 Å². The zero-order valence-corrected chi connectivity index (χ0v) is 22.7. The van der Waals surface area contributed by atoms with Crippen molar-refractivity contribution in [3.05, 3.63) is 65.3 Å². The van der Waals surface area contributed by atoms with Crippen molar-refractivity contribution >= 4 is 57.9 Å². The van der Waals surface area contributed by atoms with Gasteiger partial charge in [0.2, 0.25) is 5.01 Å². The van der Waals surface area contributed by atoms with E-state index in [2.05, 4.69) is 31.9 Å². The van der Waals surface area contributed by atoms with Crippen LogP contribution in [0.25, 0.3) is 10.4 Å². The quantitative estimate of drug-likeness (QED) is 0.243. The normalized spacial score (nSPS) is 10.2. The van der Waals surface area contributed by atoms with Gasteiger partial charge in [0.25, 0.3) is 0 Å². The van der Waals surface area contributed by atoms with Crippen molar-refractivity contribution in [3.63, 3.8) is 0 Å². The largest absolute Gasteiger partial charge is 0.461 e. The van der Waals surface area contributed by atoms with Crippen LogP contribution in [0.3, 0.4) is 0 Å². The highest BCUT2D eigenvalue weighted by molar-refractivity contribution is 7.81. The maximum absolute atomic E-state index is 11.6. The molecule has 0 spiro atoms. The van der Waals surface area contributed by atoms with E-state index in [0.29, 0.717) is 18.2 Å². The predicted octanol–water partition coefficient (Wildman–Crippen LogP) is 5.11. The highest BCUT2D eigenvalue weighted by atomic mass is 35.5. The summed E-state index contributed by atoms with van der Waals surface area (Å²) in [5.41, 5.74) is 7.43. The standard InChI is InChI=1S/C12H12N2O2S.C8H8ClNO.C4H7NO2S.CH4/c1-3-16-12(15)11-14-8(2)10(17-11)9-5-4-6-13-7-9;1-6(11)8(9)7-3-2-4-10-5-7;1-2-7-4(6)3(5)8;/h4-7H,3H2,1-2H3;2-5,8H,1H3;2H2,1H3,(H2,5,8);1H4. The number of hydrogen-bond donors (Lipinski definition) is 1. The molecule has 1 atom stereocenters. The second kappa shape index (κ2) is 18.0. The van der Waals surface area contributed by atoms with E-state index in [1.807, 2.05) is 19.1 Å². The van der Waals surface area contributed by atoms with E-state index in [1.165, 1.54) is 18.3 Å². The third-order valence-corrected chi connectivity index (χ3v) is 5.89. The number of hydrogen-bond acceptors (Lipinski definition) is 10. The summed E-state index contributed by atoms with van der Waals surface area (Å²) in [6.07, 6.45) is 6.72. The minimum Gasteiger partial charge on any atom is -0.461 e. The van der Waals surface area contributed by atoms with E-state index < -0.39 is 11.3 Å². The van der Waals surface area contributed by atoms with Gasteiger partial charge in [0.15, 0.2) is 10.8 Å². The minimum atomic E-state index is -0.609. The van der Waals surface area contributed by atoms with Gasteiger partial charge < -0.3 is 15.2 Å². The SMILES string of the molecule is C.CC(=O)C(Cl)c1cccnc1.CCOC(=O)C(N)=S.CCOC(=O)c1nc(C)c(-c2cccnc2)s1. The van der Waals surface area contributed by atoms with E-state index in [1.54, 1.807) is 50.8 Å². The summed E-state index contributed by atoms with van der Waals surface area (Å²) in [6.45, 7) is 7.48. The van der Waals surface area contributed by atoms with Crippen molar-refractivity contribution in [2.24, 2.45) is 5.73 Å². The summed E-state index contributed by atoms with van der Waals surface area (Å²) in [7, 11) is 0. The molecule has 9 nitrogen and oxygen atoms in total. The van der Waals surface area contributed by atoms with Crippen LogP contribution in [0.15, 0.2) is 49.1 Å². The number of carbonyl (C=O) groups excluding carboxylic acids is 3. The molecule has 0 fully saturated rings. The maximum Gasteiger partial charge on any atom is 0.367 e. The number of aryl methyl sites for hydroxylation is 1. The van der Waals surface area contributed by atoms with Gasteiger partial charge >= 0.3 is 11.9 Å². The van der Waals surface area contributed by atoms with Crippen LogP contribution in [0.5, 0.6) is 0 Å². The number of nitrogens with zero attached hydrogens (tertiary/aromatic N) is 3. The Morgan fingerprint density at radius 1 is 1.08 bits per heavy atom. The lowest BCUT2D eigenvalue weighted by molar-refractivity contribution is -0.134. The topological polar surface area (TPSA) is 134 Å². The van der Waals surface area contributed by atoms with Crippen LogP contribution in [-0.2, 0) is 19.1 Å². The Morgan fingerprint density at radius 3 is 2.11 bits per heavy atom. The molecule has 0 saturated heterocycles. The van der Waals surface area contributed by atoms with Crippen LogP contribution in [0.1, 0.15) is 54.6 Å². The Bertz CT molecular complexity index is 1140. The van der Waals surface area contributed by atoms with Crippen LogP contribution < -0.4 is 5.73 Å². The Morgan fingerprint density at radius 2 is 1.68 bits per heavy atom. The molecule has 1 unspecified atom stereocenters. The fourth-order valence-corrected chi connectivity index (χ4v) is 3.54. The number of thiocarbonyl (C=S) groups is 1. The molecule has 3 rings (SSSR count). The number of thiazole rings is 1. The summed E-state index contributed by atoms with van der Waals surface area (Å²) in [4.78, 5) is 45.5. The first-order chi connectivity index (χ1) is 17.1. The van der Waals surface area contributed by atoms with E-state index in [-0.39, 0.29) is 24.2 Å². The molecule has 0 aliphatic rings. The zero-order valence-electron chi connectivity index (χ0n) is 20.3. The molecule has 2 N–H and O–H groups in total. The number of aromatic nitrogens is 3. The molecule has 3 aromatic heterocycles. The van der Waals surface area contributed by atoms with E-state index in [9.17, 15) is 14.4 Å². The lowest BCUT2D eigenvalue weighted by Gasteiger charge is -2.02. The van der Waals surface area contributed by atoms with E-state index >= 15 is 0 Å². The van der Waals surface area contributed by atoms with Gasteiger partial charge in [-0.05, 0) is 45.4 Å². The summed E-state index contributed by atoms with van der Waals surface area (Å²) < 4.78 is 9.32. The summed E-state index contributed by atoms with van der Waals surface area (Å²) in [5, 5.41) is -0.160. The van der Waals surface area contributed by atoms with Crippen molar-refractivity contribution < 1.29 is 23.9 Å². The molecule has 0 bridgehead atoms. The molecule has 200 valence electrons. The first kappa shape index (κ1) is 33.7. The molecular formula is C25H31ClN4O5S2. The van der Waals surface area contributed by atoms with Crippen molar-refractivity contribution in [1.29, 1.82) is 0 Å². The second-order valence-electron chi connectivity index (χ2n) is 6.74. The molecule has 3 aromatic rings. The first-order valence-electron chi connectivity index (χ1n) is 10.7. The van der Waals surface area contributed by atoms with Gasteiger partial charge in [-0.3, -0.25) is 14.8 Å². The predicted molar refractivity (Wildman–Crippen MR) is 150 cm³/mol. The van der Waals surface area contributed by atoms with Crippen molar-refractivity contribution in [2.75, 3.05) is 13.2 Å². The minimum absolute atomic E-state index is 0. The van der Waals surface area contributed by atoms with Crippen LogP contribution >= 0.6 is 35.2 Å². The summed E-state index contributed by atoms with van der Waals surface area (Å²) in [5.74, 6) is -1.03. The fourth-order valence-electron chi connectivity index (χ4n) is 2.40. The lowest BCUT2D eigenvalue weighted by Crippen LogP contribution is -2.23. The average Bonchev–Trinajstić information content (AvgIpc) is 3.27. The molecule has 37 heavy (non-hydrogen) atoms. The molecule has 0 amide bonds. The number of alkyl halides is 1. The number of ketones is 1. The third-order valence-electron chi connectivity index (χ3n) is 3.98. The van der Waals surface area contributed by atoms with Crippen LogP contribution in [0.2, 0.25) is 0 Å². The van der Waals surface area contributed by atoms with Crippen LogP contribution in [-0.4, -0.2) is 50.9 Å². The van der Waals surface area contributed by atoms with E-state index in [4.69, 9.17) is 22.1 Å². The summed E-state index contributed by atoms with van der Waals surface area (Å²) >= 11 is 11.4. The van der Waals surface area contributed by atoms with Gasteiger partial charge in [0.1, 0.15) is 5.38 Å². The zero-order chi connectivity index (χ0) is 27.1. The monoisotopic (exact) mass is 566 g/mol. The smallest absolute Gasteiger partial charge is 0.367 e. The Kier molecular flexibility index (Phi) is 16.4. The molecular weight excluding hydrogens is 536 g/mol. The van der Waals surface area contributed by atoms with Crippen molar-refractivity contribution in [3.8, 4) is 10.4 Å². The number of esters is 2. The van der Waals surface area contributed by atoms with Crippen LogP contribution in [0, 0.1) is 6.92 Å². The number of pyridine rings is 2. The molecule has 0 aliphatic heterocycles. The number of ether oxygens (including phenoxy) is 2. The number of Topliss-reactive ketones (excluding diaryl/α,β-unsaturated/α-hetero) is 1. The number of nitrogens with two attached hydrogens (primary N) is 1. The molecule has 12 heteroatoms. The molecule has 0 radical (unpaired) electrons. The van der Waals surface area contributed by atoms with E-state index in [0.717, 1.165) is 21.7 Å². The average molecular weight is 567 g/mol. The molecule has 3 heterocycles. The number of carbonyl (C=O) groups is 3. The molecule has 0 aromatic carbocycles. The lowest BCUT2D eigenvalue weighted by atomic mass is 10.1. The fraction of sp³-hybridized carbons (Fsp3) is 0.320. The van der Waals surface area contributed by atoms with Gasteiger partial charge in [-0.25, -0.2) is 14.6 Å². The van der Waals surface area contributed by atoms with Crippen LogP contribution in [0.4, 0.5) is 0 Å². The maximum atomic E-state index is 11.6. The van der Waals surface area contributed by atoms with Gasteiger partial charge in [-0.1, -0.05) is 31.8 Å². The van der Waals surface area contributed by atoms with Gasteiger partial charge in [0, 0.05) is 30.4 Å². The highest BCUT2D eigenvalue weighted by Gasteiger charge is 2.16. The van der Waals surface area contributed by atoms with Crippen molar-refractivity contribution in [1.82, 2.24) is 15.0 Å². The Hall–Kier alpha value is -3.28. The van der Waals surface area contributed by atoms with Gasteiger partial charge in [-0.2, -0.15) is 0 Å². The number of rotatable bonds is 6. The Labute approximate surface area is 231 Å². The highest BCUT2D eigenvalue weighted by Crippen LogP contribution is 2.29. The Balaban J connectivity index is 0.000000563. The summed E-state index contributed by atoms with van der Waals surface area (Å²) in [6, 6.07) is 7.35. The van der Waals surface area contributed by atoms with Crippen molar-refractivity contribution in [2.45, 2.75) is 40.5 Å². The molecule has 0 saturated carbocycles. The molecule has 0 aliphatic carbocycles. The second-order valence-corrected chi connectivity index (χ2v) is 8.62. The van der Waals surface area contributed by atoms with Gasteiger partial charge in [0.05, 0.1) is 23.8 Å².